The zero-order chi connectivity index (χ0) is 18.6. The Balaban J connectivity index is 1.19. The summed E-state index contributed by atoms with van der Waals surface area (Å²) in [6, 6.07) is 12.8. The monoisotopic (exact) mass is 405 g/mol. The maximum Gasteiger partial charge on any atom is 0.0931 e. The van der Waals surface area contributed by atoms with Crippen molar-refractivity contribution in [1.82, 2.24) is 14.7 Å². The minimum absolute atomic E-state index is 0.280. The Morgan fingerprint density at radius 3 is 2.33 bits per heavy atom. The predicted octanol–water partition coefficient (Wildman–Crippen LogP) is 2.94. The van der Waals surface area contributed by atoms with Crippen molar-refractivity contribution >= 4 is 22.9 Å². The van der Waals surface area contributed by atoms with Gasteiger partial charge in [-0.05, 0) is 29.7 Å². The molecule has 2 aliphatic rings. The third-order valence-electron chi connectivity index (χ3n) is 5.62. The van der Waals surface area contributed by atoms with E-state index in [0.717, 1.165) is 69.7 Å². The number of benzene rings is 1. The van der Waals surface area contributed by atoms with Gasteiger partial charge >= 0.3 is 0 Å². The molecular formula is C21H28ClN3OS. The summed E-state index contributed by atoms with van der Waals surface area (Å²) in [5.41, 5.74) is 2.88. The topological polar surface area (TPSA) is 30.0 Å². The maximum atomic E-state index is 10.6. The third kappa shape index (κ3) is 5.31. The van der Waals surface area contributed by atoms with Gasteiger partial charge in [0.2, 0.25) is 0 Å². The molecule has 0 saturated carbocycles. The van der Waals surface area contributed by atoms with Gasteiger partial charge in [0.1, 0.15) is 0 Å². The summed E-state index contributed by atoms with van der Waals surface area (Å²) in [6.07, 6.45) is 0.812. The Morgan fingerprint density at radius 1 is 0.889 bits per heavy atom. The third-order valence-corrected chi connectivity index (χ3v) is 6.84. The van der Waals surface area contributed by atoms with Crippen molar-refractivity contribution in [3.8, 4) is 0 Å². The van der Waals surface area contributed by atoms with Crippen molar-refractivity contribution in [2.24, 2.45) is 0 Å². The van der Waals surface area contributed by atoms with Crippen LogP contribution in [-0.2, 0) is 19.5 Å². The minimum Gasteiger partial charge on any atom is -0.390 e. The first-order valence-electron chi connectivity index (χ1n) is 9.82. The summed E-state index contributed by atoms with van der Waals surface area (Å²) in [7, 11) is 0. The zero-order valence-electron chi connectivity index (χ0n) is 15.7. The van der Waals surface area contributed by atoms with Crippen LogP contribution in [0.3, 0.4) is 0 Å². The van der Waals surface area contributed by atoms with Gasteiger partial charge in [0.15, 0.2) is 0 Å². The lowest BCUT2D eigenvalue weighted by Crippen LogP contribution is -2.49. The Bertz CT molecular complexity index is 745. The minimum atomic E-state index is -0.280. The standard InChI is InChI=1S/C21H28ClN3OS/c22-21-6-5-20(27-21)16-24-11-9-23(10-12-24)14-19(26)15-25-8-7-17-3-1-2-4-18(17)13-25/h1-6,19,26H,7-16H2. The first kappa shape index (κ1) is 19.4. The predicted molar refractivity (Wildman–Crippen MR) is 112 cm³/mol. The van der Waals surface area contributed by atoms with E-state index in [1.807, 2.05) is 6.07 Å². The Kier molecular flexibility index (Phi) is 6.48. The molecule has 146 valence electrons. The quantitative estimate of drug-likeness (QED) is 0.800. The lowest BCUT2D eigenvalue weighted by atomic mass is 10.00. The van der Waals surface area contributed by atoms with Gasteiger partial charge in [-0.15, -0.1) is 11.3 Å². The van der Waals surface area contributed by atoms with Gasteiger partial charge in [-0.1, -0.05) is 35.9 Å². The number of rotatable bonds is 6. The maximum absolute atomic E-state index is 10.6. The van der Waals surface area contributed by atoms with Crippen molar-refractivity contribution in [3.05, 3.63) is 56.7 Å². The van der Waals surface area contributed by atoms with Gasteiger partial charge in [-0.25, -0.2) is 0 Å². The van der Waals surface area contributed by atoms with Gasteiger partial charge in [0.25, 0.3) is 0 Å². The second kappa shape index (κ2) is 9.03. The second-order valence-corrected chi connectivity index (χ2v) is 9.49. The van der Waals surface area contributed by atoms with Gasteiger partial charge < -0.3 is 5.11 Å². The number of hydrogen-bond donors (Lipinski definition) is 1. The highest BCUT2D eigenvalue weighted by atomic mass is 35.5. The molecule has 0 spiro atoms. The zero-order valence-corrected chi connectivity index (χ0v) is 17.3. The van der Waals surface area contributed by atoms with Gasteiger partial charge in [0, 0.05) is 63.8 Å². The Morgan fingerprint density at radius 2 is 1.59 bits per heavy atom. The van der Waals surface area contributed by atoms with Crippen LogP contribution in [0.4, 0.5) is 0 Å². The molecule has 1 N–H and O–H groups in total. The average Bonchev–Trinajstić information content (AvgIpc) is 3.08. The molecule has 1 aromatic carbocycles. The summed E-state index contributed by atoms with van der Waals surface area (Å²) < 4.78 is 0.868. The van der Waals surface area contributed by atoms with E-state index in [4.69, 9.17) is 11.6 Å². The van der Waals surface area contributed by atoms with E-state index in [2.05, 4.69) is 45.0 Å². The van der Waals surface area contributed by atoms with Crippen molar-refractivity contribution in [3.63, 3.8) is 0 Å². The number of nitrogens with zero attached hydrogens (tertiary/aromatic N) is 3. The molecule has 4 rings (SSSR count). The molecule has 1 aromatic heterocycles. The van der Waals surface area contributed by atoms with Crippen LogP contribution in [0.25, 0.3) is 0 Å². The average molecular weight is 406 g/mol. The Labute approximate surface area is 171 Å². The first-order valence-corrected chi connectivity index (χ1v) is 11.0. The lowest BCUT2D eigenvalue weighted by Gasteiger charge is -2.36. The molecule has 2 aliphatic heterocycles. The van der Waals surface area contributed by atoms with Crippen molar-refractivity contribution in [1.29, 1.82) is 0 Å². The molecule has 2 aromatic rings. The van der Waals surface area contributed by atoms with Crippen LogP contribution in [0.1, 0.15) is 16.0 Å². The number of hydrogen-bond acceptors (Lipinski definition) is 5. The largest absolute Gasteiger partial charge is 0.390 e. The second-order valence-electron chi connectivity index (χ2n) is 7.69. The lowest BCUT2D eigenvalue weighted by molar-refractivity contribution is 0.0462. The van der Waals surface area contributed by atoms with Crippen molar-refractivity contribution in [2.75, 3.05) is 45.8 Å². The highest BCUT2D eigenvalue weighted by Gasteiger charge is 2.22. The van der Waals surface area contributed by atoms with E-state index >= 15 is 0 Å². The summed E-state index contributed by atoms with van der Waals surface area (Å²) in [5.74, 6) is 0. The molecule has 3 heterocycles. The van der Waals surface area contributed by atoms with Crippen LogP contribution in [0.15, 0.2) is 36.4 Å². The van der Waals surface area contributed by atoms with Crippen LogP contribution < -0.4 is 0 Å². The summed E-state index contributed by atoms with van der Waals surface area (Å²) in [6.45, 7) is 8.70. The van der Waals surface area contributed by atoms with Gasteiger partial charge in [-0.3, -0.25) is 14.7 Å². The van der Waals surface area contributed by atoms with Crippen LogP contribution in [0.5, 0.6) is 0 Å². The molecule has 27 heavy (non-hydrogen) atoms. The van der Waals surface area contributed by atoms with Gasteiger partial charge in [0.05, 0.1) is 10.4 Å². The Hall–Kier alpha value is -0.950. The van der Waals surface area contributed by atoms with Crippen molar-refractivity contribution in [2.45, 2.75) is 25.6 Å². The number of β-amino-alcohol motifs (C(OH)–C–C–N with tert-alkyl or cyclic N) is 1. The molecule has 0 amide bonds. The highest BCUT2D eigenvalue weighted by Crippen LogP contribution is 2.23. The van der Waals surface area contributed by atoms with E-state index in [9.17, 15) is 5.11 Å². The van der Waals surface area contributed by atoms with Gasteiger partial charge in [-0.2, -0.15) is 0 Å². The van der Waals surface area contributed by atoms with Crippen LogP contribution >= 0.6 is 22.9 Å². The molecule has 0 bridgehead atoms. The number of thiophene rings is 1. The summed E-state index contributed by atoms with van der Waals surface area (Å²) in [4.78, 5) is 8.61. The smallest absolute Gasteiger partial charge is 0.0931 e. The molecule has 4 nitrogen and oxygen atoms in total. The fraction of sp³-hybridized carbons (Fsp3) is 0.524. The van der Waals surface area contributed by atoms with Crippen LogP contribution in [0.2, 0.25) is 4.34 Å². The molecule has 1 atom stereocenters. The normalized spacial score (nSPS) is 20.5. The molecule has 0 aliphatic carbocycles. The SMILES string of the molecule is OC(CN1CCN(Cc2ccc(Cl)s2)CC1)CN1CCc2ccccc2C1. The van der Waals surface area contributed by atoms with Crippen LogP contribution in [0, 0.1) is 0 Å². The summed E-state index contributed by atoms with van der Waals surface area (Å²) >= 11 is 7.70. The molecular weight excluding hydrogens is 378 g/mol. The number of aliphatic hydroxyl groups is 1. The summed E-state index contributed by atoms with van der Waals surface area (Å²) in [5, 5.41) is 10.6. The molecule has 0 radical (unpaired) electrons. The van der Waals surface area contributed by atoms with Crippen molar-refractivity contribution < 1.29 is 5.11 Å². The van der Waals surface area contributed by atoms with E-state index in [-0.39, 0.29) is 6.10 Å². The molecule has 1 saturated heterocycles. The van der Waals surface area contributed by atoms with E-state index in [1.165, 1.54) is 16.0 Å². The highest BCUT2D eigenvalue weighted by molar-refractivity contribution is 7.16. The first-order chi connectivity index (χ1) is 13.2. The van der Waals surface area contributed by atoms with Crippen LogP contribution in [-0.4, -0.2) is 71.7 Å². The molecule has 1 fully saturated rings. The number of fused-ring (bicyclic) bond motifs is 1. The van der Waals surface area contributed by atoms with E-state index in [1.54, 1.807) is 11.3 Å². The molecule has 1 unspecified atom stereocenters. The molecule has 6 heteroatoms. The van der Waals surface area contributed by atoms with E-state index < -0.39 is 0 Å². The number of halogens is 1. The van der Waals surface area contributed by atoms with E-state index in [0.29, 0.717) is 0 Å². The number of piperazine rings is 1. The fourth-order valence-electron chi connectivity index (χ4n) is 4.15. The number of aliphatic hydroxyl groups excluding tert-OH is 1. The fourth-order valence-corrected chi connectivity index (χ4v) is 5.28.